The summed E-state index contributed by atoms with van der Waals surface area (Å²) in [5.74, 6) is -0.789. The first-order valence-corrected chi connectivity index (χ1v) is 9.37. The van der Waals surface area contributed by atoms with Crippen LogP contribution in [0.25, 0.3) is 0 Å². The van der Waals surface area contributed by atoms with E-state index < -0.39 is 21.4 Å². The van der Waals surface area contributed by atoms with E-state index in [0.29, 0.717) is 15.1 Å². The Hall–Kier alpha value is 0.500. The maximum Gasteiger partial charge on any atom is 0.244 e. The highest BCUT2D eigenvalue weighted by Gasteiger charge is 2.30. The molecule has 1 N–H and O–H groups in total. The van der Waals surface area contributed by atoms with E-state index in [9.17, 15) is 12.8 Å². The summed E-state index contributed by atoms with van der Waals surface area (Å²) in [6.45, 7) is 1.71. The molecule has 0 unspecified atom stereocenters. The lowest BCUT2D eigenvalue weighted by Gasteiger charge is -2.26. The molecule has 102 valence electrons. The maximum absolute atomic E-state index is 13.7. The van der Waals surface area contributed by atoms with Crippen molar-refractivity contribution in [1.82, 2.24) is 4.72 Å². The van der Waals surface area contributed by atoms with E-state index in [1.54, 1.807) is 6.92 Å². The number of benzene rings is 1. The smallest absolute Gasteiger partial charge is 0.207 e. The molecule has 1 rings (SSSR count). The molecule has 1 aromatic carbocycles. The third-order valence-corrected chi connectivity index (χ3v) is 6.79. The van der Waals surface area contributed by atoms with E-state index in [0.717, 1.165) is 6.07 Å². The van der Waals surface area contributed by atoms with Crippen molar-refractivity contribution in [2.45, 2.75) is 17.4 Å². The molecule has 0 saturated carbocycles. The number of halogens is 4. The third-order valence-electron chi connectivity index (χ3n) is 2.15. The minimum absolute atomic E-state index is 0.362. The first-order valence-electron chi connectivity index (χ1n) is 4.85. The maximum atomic E-state index is 13.7. The van der Waals surface area contributed by atoms with Gasteiger partial charge in [0.1, 0.15) is 10.7 Å². The standard InChI is InChI=1S/C10H11Br3FNO2S/c1-10(5-11,6-12)15-18(16,17)9-3-2-7(13)4-8(9)14/h2-4,15H,5-6H2,1H3. The van der Waals surface area contributed by atoms with E-state index in [1.165, 1.54) is 12.1 Å². The van der Waals surface area contributed by atoms with E-state index in [1.807, 2.05) is 0 Å². The summed E-state index contributed by atoms with van der Waals surface area (Å²) in [6.07, 6.45) is 0. The summed E-state index contributed by atoms with van der Waals surface area (Å²) in [5, 5.41) is 0.811. The van der Waals surface area contributed by atoms with Gasteiger partial charge in [0, 0.05) is 20.7 Å². The van der Waals surface area contributed by atoms with E-state index in [4.69, 9.17) is 0 Å². The van der Waals surface area contributed by atoms with Crippen LogP contribution in [0.15, 0.2) is 27.6 Å². The van der Waals surface area contributed by atoms with Crippen LogP contribution in [-0.4, -0.2) is 24.6 Å². The normalized spacial score (nSPS) is 12.7. The molecule has 0 spiro atoms. The summed E-state index contributed by atoms with van der Waals surface area (Å²) in [4.78, 5) is -0.362. The van der Waals surface area contributed by atoms with Crippen LogP contribution in [0.5, 0.6) is 0 Å². The van der Waals surface area contributed by atoms with Crippen molar-refractivity contribution >= 4 is 57.8 Å². The van der Waals surface area contributed by atoms with Crippen LogP contribution in [0.2, 0.25) is 0 Å². The lowest BCUT2D eigenvalue weighted by atomic mass is 10.1. The predicted octanol–water partition coefficient (Wildman–Crippen LogP) is 3.42. The van der Waals surface area contributed by atoms with Crippen molar-refractivity contribution in [3.05, 3.63) is 28.5 Å². The fourth-order valence-corrected chi connectivity index (χ4v) is 4.54. The average Bonchev–Trinajstić information content (AvgIpc) is 2.27. The molecule has 0 radical (unpaired) electrons. The third kappa shape index (κ3) is 4.00. The topological polar surface area (TPSA) is 46.2 Å². The molecule has 0 bridgehead atoms. The Morgan fingerprint density at radius 1 is 1.33 bits per heavy atom. The average molecular weight is 468 g/mol. The van der Waals surface area contributed by atoms with Gasteiger partial charge in [-0.2, -0.15) is 0 Å². The zero-order valence-corrected chi connectivity index (χ0v) is 15.0. The van der Waals surface area contributed by atoms with Crippen molar-refractivity contribution in [3.8, 4) is 0 Å². The van der Waals surface area contributed by atoms with Crippen molar-refractivity contribution in [1.29, 1.82) is 0 Å². The Kier molecular flexibility index (Phi) is 5.79. The first-order chi connectivity index (χ1) is 8.24. The fourth-order valence-electron chi connectivity index (χ4n) is 1.16. The second-order valence-corrected chi connectivity index (χ2v) is 7.70. The second-order valence-electron chi connectivity index (χ2n) is 4.01. The zero-order valence-electron chi connectivity index (χ0n) is 9.38. The number of rotatable bonds is 5. The van der Waals surface area contributed by atoms with Gasteiger partial charge in [0.05, 0.1) is 0 Å². The summed E-state index contributed by atoms with van der Waals surface area (Å²) in [6, 6.07) is 3.83. The Morgan fingerprint density at radius 2 is 1.89 bits per heavy atom. The number of alkyl halides is 2. The molecule has 0 atom stereocenters. The number of sulfonamides is 1. The molecular weight excluding hydrogens is 457 g/mol. The van der Waals surface area contributed by atoms with Gasteiger partial charge in [0.15, 0.2) is 0 Å². The largest absolute Gasteiger partial charge is 0.244 e. The lowest BCUT2D eigenvalue weighted by molar-refractivity contribution is 0.501. The summed E-state index contributed by atoms with van der Waals surface area (Å²) >= 11 is 9.54. The van der Waals surface area contributed by atoms with Crippen molar-refractivity contribution in [2.24, 2.45) is 0 Å². The van der Waals surface area contributed by atoms with Crippen LogP contribution in [0.1, 0.15) is 6.92 Å². The van der Waals surface area contributed by atoms with E-state index >= 15 is 0 Å². The van der Waals surface area contributed by atoms with Gasteiger partial charge < -0.3 is 0 Å². The van der Waals surface area contributed by atoms with Gasteiger partial charge in [-0.1, -0.05) is 47.8 Å². The number of hydrogen-bond donors (Lipinski definition) is 1. The minimum atomic E-state index is -3.90. The van der Waals surface area contributed by atoms with Crippen LogP contribution in [0.4, 0.5) is 4.39 Å². The first kappa shape index (κ1) is 16.6. The van der Waals surface area contributed by atoms with Crippen molar-refractivity contribution in [3.63, 3.8) is 0 Å². The van der Waals surface area contributed by atoms with Gasteiger partial charge in [0.25, 0.3) is 0 Å². The molecule has 0 fully saturated rings. The molecule has 0 amide bonds. The number of hydrogen-bond acceptors (Lipinski definition) is 2. The van der Waals surface area contributed by atoms with Crippen LogP contribution in [-0.2, 0) is 10.0 Å². The van der Waals surface area contributed by atoms with Gasteiger partial charge in [-0.3, -0.25) is 0 Å². The highest BCUT2D eigenvalue weighted by Crippen LogP contribution is 2.22. The summed E-state index contributed by atoms with van der Waals surface area (Å²) in [7, 11) is -3.90. The molecule has 3 nitrogen and oxygen atoms in total. The minimum Gasteiger partial charge on any atom is -0.207 e. The van der Waals surface area contributed by atoms with Crippen LogP contribution in [0, 0.1) is 5.82 Å². The van der Waals surface area contributed by atoms with Gasteiger partial charge in [-0.25, -0.2) is 17.5 Å². The SMILES string of the molecule is CC(CBr)(CBr)NS(=O)(=O)c1ccc(Br)cc1F. The molecule has 0 aliphatic heterocycles. The lowest BCUT2D eigenvalue weighted by Crippen LogP contribution is -2.48. The van der Waals surface area contributed by atoms with Crippen molar-refractivity contribution in [2.75, 3.05) is 10.7 Å². The van der Waals surface area contributed by atoms with Gasteiger partial charge >= 0.3 is 0 Å². The van der Waals surface area contributed by atoms with Crippen molar-refractivity contribution < 1.29 is 12.8 Å². The van der Waals surface area contributed by atoms with Crippen LogP contribution >= 0.6 is 47.8 Å². The molecule has 18 heavy (non-hydrogen) atoms. The Labute approximate surface area is 131 Å². The predicted molar refractivity (Wildman–Crippen MR) is 80.4 cm³/mol. The molecule has 0 heterocycles. The quantitative estimate of drug-likeness (QED) is 0.674. The van der Waals surface area contributed by atoms with Crippen LogP contribution in [0.3, 0.4) is 0 Å². The number of nitrogens with one attached hydrogen (secondary N) is 1. The van der Waals surface area contributed by atoms with Crippen LogP contribution < -0.4 is 4.72 Å². The zero-order chi connectivity index (χ0) is 14.0. The highest BCUT2D eigenvalue weighted by atomic mass is 79.9. The Bertz CT molecular complexity index is 532. The van der Waals surface area contributed by atoms with Gasteiger partial charge in [-0.05, 0) is 25.1 Å². The monoisotopic (exact) mass is 465 g/mol. The molecule has 0 aliphatic rings. The Balaban J connectivity index is 3.15. The van der Waals surface area contributed by atoms with E-state index in [-0.39, 0.29) is 4.90 Å². The Morgan fingerprint density at radius 3 is 2.33 bits per heavy atom. The summed E-state index contributed by atoms with van der Waals surface area (Å²) < 4.78 is 40.8. The van der Waals surface area contributed by atoms with Gasteiger partial charge in [0.2, 0.25) is 10.0 Å². The molecule has 1 aromatic rings. The van der Waals surface area contributed by atoms with Gasteiger partial charge in [-0.15, -0.1) is 0 Å². The molecule has 8 heteroatoms. The molecular formula is C10H11Br3FNO2S. The molecule has 0 aliphatic carbocycles. The van der Waals surface area contributed by atoms with E-state index in [2.05, 4.69) is 52.5 Å². The second kappa shape index (κ2) is 6.30. The molecule has 0 saturated heterocycles. The molecule has 0 aromatic heterocycles. The fraction of sp³-hybridized carbons (Fsp3) is 0.400. The highest BCUT2D eigenvalue weighted by molar-refractivity contribution is 9.10. The summed E-state index contributed by atoms with van der Waals surface area (Å²) in [5.41, 5.74) is -0.724.